The molecule has 0 bridgehead atoms. The Morgan fingerprint density at radius 1 is 1.12 bits per heavy atom. The predicted molar refractivity (Wildman–Crippen MR) is 101 cm³/mol. The average molecular weight is 324 g/mol. The Morgan fingerprint density at radius 3 is 2.54 bits per heavy atom. The van der Waals surface area contributed by atoms with Crippen molar-refractivity contribution in [3.05, 3.63) is 41.6 Å². The highest BCUT2D eigenvalue weighted by atomic mass is 15.3. The summed E-state index contributed by atoms with van der Waals surface area (Å²) in [6, 6.07) is 11.1. The number of hydrogen-bond acceptors (Lipinski definition) is 4. The summed E-state index contributed by atoms with van der Waals surface area (Å²) in [6.45, 7) is 10.8. The number of benzene rings is 1. The highest BCUT2D eigenvalue weighted by Crippen LogP contribution is 2.37. The van der Waals surface area contributed by atoms with Crippen molar-refractivity contribution in [2.24, 2.45) is 0 Å². The summed E-state index contributed by atoms with van der Waals surface area (Å²) in [6.07, 6.45) is 3.30. The Balaban J connectivity index is 2.00. The summed E-state index contributed by atoms with van der Waals surface area (Å²) in [5, 5.41) is 0. The molecule has 24 heavy (non-hydrogen) atoms. The number of rotatable bonds is 6. The Labute approximate surface area is 145 Å². The van der Waals surface area contributed by atoms with Gasteiger partial charge in [0.2, 0.25) is 5.95 Å². The van der Waals surface area contributed by atoms with E-state index in [1.165, 1.54) is 11.3 Å². The molecule has 128 valence electrons. The quantitative estimate of drug-likeness (QED) is 0.783. The highest BCUT2D eigenvalue weighted by molar-refractivity contribution is 5.67. The van der Waals surface area contributed by atoms with Gasteiger partial charge in [0, 0.05) is 36.6 Å². The molecule has 1 aromatic carbocycles. The third-order valence-corrected chi connectivity index (χ3v) is 4.56. The summed E-state index contributed by atoms with van der Waals surface area (Å²) < 4.78 is 0. The molecular weight excluding hydrogens is 296 g/mol. The Hall–Kier alpha value is -2.10. The fraction of sp³-hybridized carbons (Fsp3) is 0.500. The van der Waals surface area contributed by atoms with Crippen molar-refractivity contribution >= 4 is 17.5 Å². The van der Waals surface area contributed by atoms with Crippen molar-refractivity contribution in [3.8, 4) is 0 Å². The summed E-state index contributed by atoms with van der Waals surface area (Å²) in [7, 11) is 0. The minimum absolute atomic E-state index is 0.392. The topological polar surface area (TPSA) is 32.3 Å². The molecule has 0 N–H and O–H groups in total. The molecule has 0 amide bonds. The van der Waals surface area contributed by atoms with E-state index in [1.807, 2.05) is 0 Å². The monoisotopic (exact) mass is 324 g/mol. The van der Waals surface area contributed by atoms with Gasteiger partial charge in [0.15, 0.2) is 0 Å². The van der Waals surface area contributed by atoms with E-state index >= 15 is 0 Å². The molecule has 4 heteroatoms. The smallest absolute Gasteiger partial charge is 0.232 e. The lowest BCUT2D eigenvalue weighted by Gasteiger charge is -2.27. The van der Waals surface area contributed by atoms with Crippen LogP contribution in [-0.2, 0) is 6.42 Å². The molecule has 0 saturated heterocycles. The van der Waals surface area contributed by atoms with Crippen LogP contribution in [0.15, 0.2) is 30.3 Å². The molecular formula is C20H28N4. The van der Waals surface area contributed by atoms with Crippen molar-refractivity contribution in [1.82, 2.24) is 9.97 Å². The number of aromatic nitrogens is 2. The van der Waals surface area contributed by atoms with E-state index in [1.54, 1.807) is 0 Å². The van der Waals surface area contributed by atoms with Gasteiger partial charge in [-0.1, -0.05) is 32.0 Å². The van der Waals surface area contributed by atoms with Gasteiger partial charge < -0.3 is 9.80 Å². The normalized spacial score (nSPS) is 16.3. The molecule has 0 aliphatic carbocycles. The van der Waals surface area contributed by atoms with Crippen LogP contribution in [0.2, 0.25) is 0 Å². The molecule has 1 aliphatic rings. The first-order chi connectivity index (χ1) is 11.6. The van der Waals surface area contributed by atoms with Crippen LogP contribution < -0.4 is 9.80 Å². The third kappa shape index (κ3) is 3.23. The average Bonchev–Trinajstić information content (AvgIpc) is 2.89. The number of nitrogens with zero attached hydrogens (tertiary/aromatic N) is 4. The van der Waals surface area contributed by atoms with Gasteiger partial charge in [-0.25, -0.2) is 4.98 Å². The molecule has 2 aromatic rings. The Bertz CT molecular complexity index is 692. The van der Waals surface area contributed by atoms with E-state index in [-0.39, 0.29) is 0 Å². The molecule has 2 heterocycles. The second kappa shape index (κ2) is 7.20. The first kappa shape index (κ1) is 16.7. The molecule has 3 rings (SSSR count). The van der Waals surface area contributed by atoms with Gasteiger partial charge in [0.1, 0.15) is 5.82 Å². The Morgan fingerprint density at radius 2 is 1.83 bits per heavy atom. The zero-order valence-electron chi connectivity index (χ0n) is 15.3. The lowest BCUT2D eigenvalue weighted by atomic mass is 10.1. The first-order valence-corrected chi connectivity index (χ1v) is 9.11. The maximum absolute atomic E-state index is 4.94. The number of fused-ring (bicyclic) bond motifs is 1. The molecule has 4 nitrogen and oxygen atoms in total. The lowest BCUT2D eigenvalue weighted by molar-refractivity contribution is 0.715. The molecule has 0 radical (unpaired) electrons. The van der Waals surface area contributed by atoms with Crippen LogP contribution in [0.1, 0.15) is 44.9 Å². The SMILES string of the molecule is CCCN(CCC)c1cc(C)nc(N2c3ccccc3CC2C)n1. The summed E-state index contributed by atoms with van der Waals surface area (Å²) in [5.41, 5.74) is 3.67. The van der Waals surface area contributed by atoms with Crippen LogP contribution in [0.5, 0.6) is 0 Å². The van der Waals surface area contributed by atoms with Crippen molar-refractivity contribution < 1.29 is 0 Å². The van der Waals surface area contributed by atoms with Crippen LogP contribution in [-0.4, -0.2) is 29.1 Å². The molecule has 1 aromatic heterocycles. The van der Waals surface area contributed by atoms with E-state index in [9.17, 15) is 0 Å². The minimum atomic E-state index is 0.392. The second-order valence-corrected chi connectivity index (χ2v) is 6.71. The van der Waals surface area contributed by atoms with Crippen molar-refractivity contribution in [2.75, 3.05) is 22.9 Å². The van der Waals surface area contributed by atoms with Crippen LogP contribution in [0.3, 0.4) is 0 Å². The summed E-state index contributed by atoms with van der Waals surface area (Å²) in [5.74, 6) is 1.89. The molecule has 1 unspecified atom stereocenters. The zero-order valence-corrected chi connectivity index (χ0v) is 15.3. The maximum Gasteiger partial charge on any atom is 0.232 e. The van der Waals surface area contributed by atoms with Crippen LogP contribution in [0, 0.1) is 6.92 Å². The number of anilines is 3. The molecule has 0 saturated carbocycles. The lowest BCUT2D eigenvalue weighted by Crippen LogP contribution is -2.29. The fourth-order valence-electron chi connectivity index (χ4n) is 3.56. The van der Waals surface area contributed by atoms with Crippen molar-refractivity contribution in [3.63, 3.8) is 0 Å². The van der Waals surface area contributed by atoms with Crippen LogP contribution in [0.25, 0.3) is 0 Å². The van der Waals surface area contributed by atoms with Gasteiger partial charge in [-0.2, -0.15) is 4.98 Å². The zero-order chi connectivity index (χ0) is 17.1. The maximum atomic E-state index is 4.94. The molecule has 1 aliphatic heterocycles. The Kier molecular flexibility index (Phi) is 5.03. The largest absolute Gasteiger partial charge is 0.356 e. The minimum Gasteiger partial charge on any atom is -0.356 e. The fourth-order valence-corrected chi connectivity index (χ4v) is 3.56. The number of hydrogen-bond donors (Lipinski definition) is 0. The van der Waals surface area contributed by atoms with Crippen molar-refractivity contribution in [1.29, 1.82) is 0 Å². The van der Waals surface area contributed by atoms with E-state index in [2.05, 4.69) is 67.8 Å². The standard InChI is InChI=1S/C20H28N4/c1-5-11-23(12-6-2)19-13-15(3)21-20(22-19)24-16(4)14-17-9-7-8-10-18(17)24/h7-10,13,16H,5-6,11-12,14H2,1-4H3. The van der Waals surface area contributed by atoms with Gasteiger partial charge in [-0.05, 0) is 44.7 Å². The summed E-state index contributed by atoms with van der Waals surface area (Å²) in [4.78, 5) is 14.4. The van der Waals surface area contributed by atoms with Gasteiger partial charge in [-0.3, -0.25) is 0 Å². The second-order valence-electron chi connectivity index (χ2n) is 6.71. The molecule has 1 atom stereocenters. The first-order valence-electron chi connectivity index (χ1n) is 9.11. The third-order valence-electron chi connectivity index (χ3n) is 4.56. The van der Waals surface area contributed by atoms with E-state index < -0.39 is 0 Å². The predicted octanol–water partition coefficient (Wildman–Crippen LogP) is 4.49. The van der Waals surface area contributed by atoms with Crippen LogP contribution in [0.4, 0.5) is 17.5 Å². The van der Waals surface area contributed by atoms with Crippen molar-refractivity contribution in [2.45, 2.75) is 53.0 Å². The van der Waals surface area contributed by atoms with Gasteiger partial charge in [-0.15, -0.1) is 0 Å². The highest BCUT2D eigenvalue weighted by Gasteiger charge is 2.29. The summed E-state index contributed by atoms with van der Waals surface area (Å²) >= 11 is 0. The van der Waals surface area contributed by atoms with Gasteiger partial charge in [0.25, 0.3) is 0 Å². The van der Waals surface area contributed by atoms with Gasteiger partial charge >= 0.3 is 0 Å². The van der Waals surface area contributed by atoms with Crippen LogP contribution >= 0.6 is 0 Å². The van der Waals surface area contributed by atoms with E-state index in [4.69, 9.17) is 9.97 Å². The number of para-hydroxylation sites is 1. The van der Waals surface area contributed by atoms with E-state index in [0.29, 0.717) is 6.04 Å². The molecule has 0 spiro atoms. The van der Waals surface area contributed by atoms with Gasteiger partial charge in [0.05, 0.1) is 0 Å². The number of aryl methyl sites for hydroxylation is 1. The molecule has 0 fully saturated rings. The van der Waals surface area contributed by atoms with E-state index in [0.717, 1.165) is 49.8 Å².